The van der Waals surface area contributed by atoms with E-state index in [1.807, 2.05) is 18.2 Å². The topological polar surface area (TPSA) is 51.8 Å². The molecule has 0 spiro atoms. The Hall–Kier alpha value is -5.29. The number of rotatable bonds is 6. The van der Waals surface area contributed by atoms with Crippen molar-refractivity contribution in [1.82, 2.24) is 15.0 Å². The van der Waals surface area contributed by atoms with Crippen molar-refractivity contribution in [3.63, 3.8) is 0 Å². The predicted octanol–water partition coefficient (Wildman–Crippen LogP) is 12.7. The first-order chi connectivity index (χ1) is 28.0. The molecular weight excluding hydrogens is 834 g/mol. The minimum Gasteiger partial charge on any atom is -0.486 e. The molecule has 0 aliphatic rings. The molecule has 0 N–H and O–H groups in total. The molecule has 6 heteroatoms. The summed E-state index contributed by atoms with van der Waals surface area (Å²) in [5, 5.41) is 0.635. The van der Waals surface area contributed by atoms with E-state index in [0.717, 1.165) is 17.2 Å². The molecule has 0 bridgehead atoms. The average molecular weight is 881 g/mol. The summed E-state index contributed by atoms with van der Waals surface area (Å²) >= 11 is 0. The molecule has 8 rings (SSSR count). The van der Waals surface area contributed by atoms with Gasteiger partial charge in [0, 0.05) is 46.4 Å². The van der Waals surface area contributed by atoms with Crippen LogP contribution in [0.2, 0.25) is 0 Å². The first kappa shape index (κ1) is 29.2. The van der Waals surface area contributed by atoms with Crippen LogP contribution in [0.1, 0.15) is 71.5 Å². The van der Waals surface area contributed by atoms with Crippen LogP contribution in [-0.4, -0.2) is 15.0 Å². The number of pyridine rings is 3. The number of aryl methyl sites for hydroxylation is 2. The minimum atomic E-state index is -2.56. The molecule has 267 valence electrons. The van der Waals surface area contributed by atoms with Gasteiger partial charge in [-0.1, -0.05) is 99.3 Å². The Morgan fingerprint density at radius 1 is 0.755 bits per heavy atom. The van der Waals surface area contributed by atoms with Gasteiger partial charge in [0.15, 0.2) is 0 Å². The number of furan rings is 1. The van der Waals surface area contributed by atoms with Crippen molar-refractivity contribution in [3.05, 3.63) is 162 Å². The molecule has 0 saturated heterocycles. The first-order valence-electron chi connectivity index (χ1n) is 20.6. The molecule has 0 fully saturated rings. The van der Waals surface area contributed by atoms with E-state index >= 15 is 4.39 Å². The van der Waals surface area contributed by atoms with Crippen molar-refractivity contribution in [3.8, 4) is 44.8 Å². The number of fused-ring (bicyclic) bond motifs is 3. The van der Waals surface area contributed by atoms with Gasteiger partial charge in [-0.15, -0.1) is 54.1 Å². The van der Waals surface area contributed by atoms with Gasteiger partial charge >= 0.3 is 0 Å². The molecule has 0 aliphatic carbocycles. The van der Waals surface area contributed by atoms with Gasteiger partial charge in [0.25, 0.3) is 0 Å². The Balaban J connectivity index is 0.000000281. The van der Waals surface area contributed by atoms with Gasteiger partial charge < -0.3 is 14.4 Å². The average Bonchev–Trinajstić information content (AvgIpc) is 3.60. The summed E-state index contributed by atoms with van der Waals surface area (Å²) in [6, 6.07) is 38.0. The maximum atomic E-state index is 15.2. The molecule has 0 saturated carbocycles. The molecule has 53 heavy (non-hydrogen) atoms. The fourth-order valence-corrected chi connectivity index (χ4v) is 6.40. The smallest absolute Gasteiger partial charge is 0.219 e. The minimum absolute atomic E-state index is 0. The molecule has 4 heterocycles. The monoisotopic (exact) mass is 881 g/mol. The summed E-state index contributed by atoms with van der Waals surface area (Å²) in [6.45, 7) is 4.14. The molecule has 4 aromatic heterocycles. The van der Waals surface area contributed by atoms with Crippen molar-refractivity contribution in [1.29, 1.82) is 0 Å². The van der Waals surface area contributed by atoms with E-state index in [1.54, 1.807) is 42.6 Å². The fourth-order valence-electron chi connectivity index (χ4n) is 6.40. The van der Waals surface area contributed by atoms with E-state index in [2.05, 4.69) is 91.2 Å². The zero-order valence-electron chi connectivity index (χ0n) is 36.6. The third kappa shape index (κ3) is 7.90. The van der Waals surface area contributed by atoms with Gasteiger partial charge in [0.2, 0.25) is 5.71 Å². The van der Waals surface area contributed by atoms with Gasteiger partial charge in [-0.25, -0.2) is 9.37 Å². The van der Waals surface area contributed by atoms with Gasteiger partial charge in [0.05, 0.1) is 11.0 Å². The molecule has 0 unspecified atom stereocenters. The number of nitrogens with zero attached hydrogens (tertiary/aromatic N) is 3. The number of benzene rings is 4. The molecule has 0 atom stereocenters. The first-order valence-corrected chi connectivity index (χ1v) is 17.1. The van der Waals surface area contributed by atoms with E-state index in [4.69, 9.17) is 14.0 Å². The van der Waals surface area contributed by atoms with Crippen molar-refractivity contribution in [2.75, 3.05) is 0 Å². The van der Waals surface area contributed by atoms with Crippen LogP contribution in [0.15, 0.2) is 126 Å². The number of hydrogen-bond donors (Lipinski definition) is 0. The maximum Gasteiger partial charge on any atom is 0.219 e. The van der Waals surface area contributed by atoms with Crippen molar-refractivity contribution in [2.24, 2.45) is 0 Å². The second-order valence-electron chi connectivity index (χ2n) is 13.1. The summed E-state index contributed by atoms with van der Waals surface area (Å²) in [4.78, 5) is 12.9. The van der Waals surface area contributed by atoms with E-state index in [1.165, 1.54) is 40.1 Å². The Morgan fingerprint density at radius 3 is 2.21 bits per heavy atom. The Morgan fingerprint density at radius 2 is 1.55 bits per heavy atom. The Bertz CT molecular complexity index is 2740. The van der Waals surface area contributed by atoms with Crippen molar-refractivity contribution in [2.45, 2.75) is 53.2 Å². The zero-order valence-corrected chi connectivity index (χ0v) is 32.0. The maximum absolute atomic E-state index is 15.2. The molecule has 4 nitrogen and oxygen atoms in total. The van der Waals surface area contributed by atoms with Gasteiger partial charge in [-0.3, -0.25) is 0 Å². The standard InChI is InChI=1S/C35H30FN2O.C12H10N.Ir/c1-20(2)28-17-25(23-10-7-6-8-11-23)18-29(21(3)4)32(28)24-14-15-37-31(19-24)26-12-9-13-27-33-30(36)16-22(5)38-35(33)39-34(26)27;1-10-7-8-12(13-9-10)11-5-3-2-4-6-11;/h6-11,13-21H,1-5H3;2-5,7-9H,1H3;/q2*-1;/i5D3;1D3,2D;. The summed E-state index contributed by atoms with van der Waals surface area (Å²) in [6.07, 6.45) is 3.12. The number of halogens is 1. The summed E-state index contributed by atoms with van der Waals surface area (Å²) in [5.74, 6) is -0.153. The van der Waals surface area contributed by atoms with Gasteiger partial charge in [-0.2, -0.15) is 0 Å². The summed E-state index contributed by atoms with van der Waals surface area (Å²) in [7, 11) is 0. The fraction of sp³-hybridized carbons (Fsp3) is 0.170. The van der Waals surface area contributed by atoms with E-state index in [0.29, 0.717) is 34.0 Å². The Labute approximate surface area is 334 Å². The third-order valence-electron chi connectivity index (χ3n) is 8.91. The molecule has 0 aliphatic heterocycles. The van der Waals surface area contributed by atoms with Gasteiger partial charge in [-0.05, 0) is 89.4 Å². The molecular formula is C47H40FIrN3O-2. The SMILES string of the molecule is [2H]C([2H])([2H])c1cc(F)c2c(n1)oc1c(-c3cc(-c4c(C(C)C)cc(-c5ccccc5)cc4C(C)C)ccn3)[c-]ccc12.[2H]c1c[c-]c(-c2ccc(C([2H])([2H])[2H])cn2)cc1.[Ir]. The normalized spacial score (nSPS) is 13.5. The zero-order chi connectivity index (χ0) is 42.2. The Kier molecular flexibility index (Phi) is 8.90. The van der Waals surface area contributed by atoms with E-state index < -0.39 is 19.5 Å². The van der Waals surface area contributed by atoms with Crippen LogP contribution in [-0.2, 0) is 20.1 Å². The van der Waals surface area contributed by atoms with Crippen LogP contribution in [0.3, 0.4) is 0 Å². The predicted molar refractivity (Wildman–Crippen MR) is 211 cm³/mol. The third-order valence-corrected chi connectivity index (χ3v) is 8.91. The molecule has 4 aromatic carbocycles. The van der Waals surface area contributed by atoms with Crippen LogP contribution in [0.5, 0.6) is 0 Å². The van der Waals surface area contributed by atoms with Crippen LogP contribution in [0, 0.1) is 31.7 Å². The second-order valence-corrected chi connectivity index (χ2v) is 13.1. The van der Waals surface area contributed by atoms with E-state index in [-0.39, 0.29) is 54.3 Å². The largest absolute Gasteiger partial charge is 0.486 e. The van der Waals surface area contributed by atoms with E-state index in [9.17, 15) is 0 Å². The molecule has 0 amide bonds. The molecule has 8 aromatic rings. The quantitative estimate of drug-likeness (QED) is 0.156. The summed E-state index contributed by atoms with van der Waals surface area (Å²) in [5.41, 5.74) is 9.78. The van der Waals surface area contributed by atoms with Gasteiger partial charge in [0.1, 0.15) is 5.82 Å². The van der Waals surface area contributed by atoms with Crippen LogP contribution < -0.4 is 0 Å². The van der Waals surface area contributed by atoms with Crippen molar-refractivity contribution >= 4 is 22.1 Å². The van der Waals surface area contributed by atoms with Crippen LogP contribution >= 0.6 is 0 Å². The van der Waals surface area contributed by atoms with Crippen molar-refractivity contribution < 1.29 is 38.5 Å². The number of aromatic nitrogens is 3. The van der Waals surface area contributed by atoms with Crippen LogP contribution in [0.25, 0.3) is 66.8 Å². The molecule has 1 radical (unpaired) electrons. The number of hydrogen-bond acceptors (Lipinski definition) is 4. The second kappa shape index (κ2) is 16.2. The van der Waals surface area contributed by atoms with Crippen LogP contribution in [0.4, 0.5) is 4.39 Å². The summed E-state index contributed by atoms with van der Waals surface area (Å²) < 4.78 is 73.2.